The molecule has 15 heavy (non-hydrogen) atoms. The van der Waals surface area contributed by atoms with E-state index in [0.29, 0.717) is 23.6 Å². The van der Waals surface area contributed by atoms with Gasteiger partial charge in [-0.25, -0.2) is 4.39 Å². The first-order valence-electron chi connectivity index (χ1n) is 4.73. The van der Waals surface area contributed by atoms with E-state index in [4.69, 9.17) is 15.2 Å². The van der Waals surface area contributed by atoms with Crippen molar-refractivity contribution in [2.24, 2.45) is 5.73 Å². The first-order valence-corrected chi connectivity index (χ1v) is 4.73. The molecule has 0 radical (unpaired) electrons. The molecule has 0 aliphatic rings. The zero-order valence-corrected chi connectivity index (χ0v) is 9.21. The van der Waals surface area contributed by atoms with Crippen molar-refractivity contribution in [2.75, 3.05) is 14.2 Å². The van der Waals surface area contributed by atoms with Crippen LogP contribution in [0.3, 0.4) is 0 Å². The monoisotopic (exact) mass is 213 g/mol. The van der Waals surface area contributed by atoms with E-state index in [1.54, 1.807) is 12.1 Å². The normalized spacial score (nSPS) is 12.3. The van der Waals surface area contributed by atoms with E-state index in [-0.39, 0.29) is 0 Å². The molecule has 0 aliphatic carbocycles. The summed E-state index contributed by atoms with van der Waals surface area (Å²) in [5.41, 5.74) is 6.86. The molecule has 0 saturated heterocycles. The SMILES string of the molecule is COc1cc(C(C)F)cc(CN)c1OC. The topological polar surface area (TPSA) is 44.5 Å². The summed E-state index contributed by atoms with van der Waals surface area (Å²) >= 11 is 0. The maximum Gasteiger partial charge on any atom is 0.165 e. The van der Waals surface area contributed by atoms with E-state index < -0.39 is 6.17 Å². The number of methoxy groups -OCH3 is 2. The molecule has 1 rings (SSSR count). The van der Waals surface area contributed by atoms with Gasteiger partial charge in [-0.1, -0.05) is 0 Å². The Labute approximate surface area is 89.0 Å². The van der Waals surface area contributed by atoms with Crippen LogP contribution in [-0.2, 0) is 6.54 Å². The minimum atomic E-state index is -1.05. The number of hydrogen-bond acceptors (Lipinski definition) is 3. The van der Waals surface area contributed by atoms with Crippen LogP contribution in [0.4, 0.5) is 4.39 Å². The molecule has 4 heteroatoms. The summed E-state index contributed by atoms with van der Waals surface area (Å²) in [6.45, 7) is 1.77. The molecule has 0 fully saturated rings. The van der Waals surface area contributed by atoms with Crippen molar-refractivity contribution in [3.05, 3.63) is 23.3 Å². The summed E-state index contributed by atoms with van der Waals surface area (Å²) in [5.74, 6) is 1.09. The van der Waals surface area contributed by atoms with Crippen LogP contribution in [0.2, 0.25) is 0 Å². The molecular formula is C11H16FNO2. The quantitative estimate of drug-likeness (QED) is 0.833. The third-order valence-electron chi connectivity index (χ3n) is 2.26. The predicted octanol–water partition coefficient (Wildman–Crippen LogP) is 2.19. The lowest BCUT2D eigenvalue weighted by atomic mass is 10.1. The Morgan fingerprint density at radius 1 is 1.33 bits per heavy atom. The summed E-state index contributed by atoms with van der Waals surface area (Å²) in [5, 5.41) is 0. The largest absolute Gasteiger partial charge is 0.493 e. The van der Waals surface area contributed by atoms with Gasteiger partial charge in [0, 0.05) is 12.1 Å². The first kappa shape index (κ1) is 11.8. The minimum Gasteiger partial charge on any atom is -0.493 e. The maximum absolute atomic E-state index is 13.2. The van der Waals surface area contributed by atoms with Gasteiger partial charge in [0.1, 0.15) is 6.17 Å². The van der Waals surface area contributed by atoms with Crippen LogP contribution < -0.4 is 15.2 Å². The predicted molar refractivity (Wildman–Crippen MR) is 57.0 cm³/mol. The van der Waals surface area contributed by atoms with Gasteiger partial charge in [-0.3, -0.25) is 0 Å². The maximum atomic E-state index is 13.2. The molecule has 3 nitrogen and oxygen atoms in total. The number of halogens is 1. The van der Waals surface area contributed by atoms with Gasteiger partial charge in [0.25, 0.3) is 0 Å². The van der Waals surface area contributed by atoms with Gasteiger partial charge in [-0.2, -0.15) is 0 Å². The molecule has 1 unspecified atom stereocenters. The van der Waals surface area contributed by atoms with Crippen LogP contribution in [0.25, 0.3) is 0 Å². The van der Waals surface area contributed by atoms with Crippen LogP contribution in [-0.4, -0.2) is 14.2 Å². The Balaban J connectivity index is 3.29. The van der Waals surface area contributed by atoms with E-state index in [1.807, 2.05) is 0 Å². The van der Waals surface area contributed by atoms with E-state index in [0.717, 1.165) is 5.56 Å². The molecule has 84 valence electrons. The average molecular weight is 213 g/mol. The third-order valence-corrected chi connectivity index (χ3v) is 2.26. The number of ether oxygens (including phenoxy) is 2. The van der Waals surface area contributed by atoms with E-state index in [2.05, 4.69) is 0 Å². The molecule has 0 spiro atoms. The Bertz CT molecular complexity index is 314. The van der Waals surface area contributed by atoms with Crippen LogP contribution in [0, 0.1) is 0 Å². The second-order valence-corrected chi connectivity index (χ2v) is 3.24. The highest BCUT2D eigenvalue weighted by molar-refractivity contribution is 5.50. The van der Waals surface area contributed by atoms with Crippen molar-refractivity contribution in [1.82, 2.24) is 0 Å². The van der Waals surface area contributed by atoms with Gasteiger partial charge in [0.05, 0.1) is 14.2 Å². The molecule has 0 aliphatic heterocycles. The summed E-state index contributed by atoms with van der Waals surface area (Å²) in [6.07, 6.45) is -1.05. The Morgan fingerprint density at radius 3 is 2.40 bits per heavy atom. The molecular weight excluding hydrogens is 197 g/mol. The summed E-state index contributed by atoms with van der Waals surface area (Å²) in [7, 11) is 3.06. The number of benzene rings is 1. The molecule has 0 saturated carbocycles. The summed E-state index contributed by atoms with van der Waals surface area (Å²) < 4.78 is 23.5. The van der Waals surface area contributed by atoms with Gasteiger partial charge in [-0.15, -0.1) is 0 Å². The Morgan fingerprint density at radius 2 is 2.00 bits per heavy atom. The van der Waals surface area contributed by atoms with Crippen molar-refractivity contribution in [1.29, 1.82) is 0 Å². The van der Waals surface area contributed by atoms with Gasteiger partial charge < -0.3 is 15.2 Å². The molecule has 0 amide bonds. The molecule has 2 N–H and O–H groups in total. The van der Waals surface area contributed by atoms with E-state index in [1.165, 1.54) is 21.1 Å². The second kappa shape index (κ2) is 4.98. The summed E-state index contributed by atoms with van der Waals surface area (Å²) in [4.78, 5) is 0. The second-order valence-electron chi connectivity index (χ2n) is 3.24. The van der Waals surface area contributed by atoms with Crippen LogP contribution in [0.5, 0.6) is 11.5 Å². The summed E-state index contributed by atoms with van der Waals surface area (Å²) in [6, 6.07) is 3.33. The highest BCUT2D eigenvalue weighted by Crippen LogP contribution is 2.34. The van der Waals surface area contributed by atoms with Crippen molar-refractivity contribution in [3.8, 4) is 11.5 Å². The number of rotatable bonds is 4. The fourth-order valence-corrected chi connectivity index (χ4v) is 1.45. The number of nitrogens with two attached hydrogens (primary N) is 1. The highest BCUT2D eigenvalue weighted by Gasteiger charge is 2.14. The molecule has 1 aromatic carbocycles. The zero-order chi connectivity index (χ0) is 11.4. The molecule has 0 heterocycles. The van der Waals surface area contributed by atoms with E-state index in [9.17, 15) is 4.39 Å². The van der Waals surface area contributed by atoms with Crippen LogP contribution in [0.15, 0.2) is 12.1 Å². The van der Waals surface area contributed by atoms with Crippen molar-refractivity contribution < 1.29 is 13.9 Å². The fraction of sp³-hybridized carbons (Fsp3) is 0.455. The van der Waals surface area contributed by atoms with Gasteiger partial charge in [0.15, 0.2) is 11.5 Å². The molecule has 1 atom stereocenters. The smallest absolute Gasteiger partial charge is 0.165 e. The molecule has 1 aromatic rings. The lowest BCUT2D eigenvalue weighted by Gasteiger charge is -2.14. The standard InChI is InChI=1S/C11H16FNO2/c1-7(12)8-4-9(6-13)11(15-3)10(5-8)14-2/h4-5,7H,6,13H2,1-3H3. The van der Waals surface area contributed by atoms with Crippen molar-refractivity contribution in [3.63, 3.8) is 0 Å². The lowest BCUT2D eigenvalue weighted by Crippen LogP contribution is -2.03. The van der Waals surface area contributed by atoms with Gasteiger partial charge in [-0.05, 0) is 24.6 Å². The number of hydrogen-bond donors (Lipinski definition) is 1. The Kier molecular flexibility index (Phi) is 3.91. The van der Waals surface area contributed by atoms with Crippen LogP contribution in [0.1, 0.15) is 24.2 Å². The minimum absolute atomic E-state index is 0.292. The van der Waals surface area contributed by atoms with Crippen LogP contribution >= 0.6 is 0 Å². The molecule has 0 bridgehead atoms. The van der Waals surface area contributed by atoms with Crippen molar-refractivity contribution >= 4 is 0 Å². The van der Waals surface area contributed by atoms with Gasteiger partial charge >= 0.3 is 0 Å². The lowest BCUT2D eigenvalue weighted by molar-refractivity contribution is 0.344. The number of alkyl halides is 1. The van der Waals surface area contributed by atoms with Crippen molar-refractivity contribution in [2.45, 2.75) is 19.6 Å². The first-order chi connectivity index (χ1) is 7.13. The fourth-order valence-electron chi connectivity index (χ4n) is 1.45. The average Bonchev–Trinajstić information content (AvgIpc) is 2.26. The van der Waals surface area contributed by atoms with E-state index >= 15 is 0 Å². The highest BCUT2D eigenvalue weighted by atomic mass is 19.1. The Hall–Kier alpha value is -1.29. The zero-order valence-electron chi connectivity index (χ0n) is 9.21. The third kappa shape index (κ3) is 2.39. The van der Waals surface area contributed by atoms with Gasteiger partial charge in [0.2, 0.25) is 0 Å². The molecule has 0 aromatic heterocycles.